The first kappa shape index (κ1) is 19.9. The summed E-state index contributed by atoms with van der Waals surface area (Å²) in [7, 11) is 1.26. The molecule has 0 unspecified atom stereocenters. The van der Waals surface area contributed by atoms with Crippen LogP contribution >= 0.6 is 0 Å². The van der Waals surface area contributed by atoms with Crippen LogP contribution in [0.5, 0.6) is 0 Å². The number of benzene rings is 1. The fourth-order valence-corrected chi connectivity index (χ4v) is 4.92. The highest BCUT2D eigenvalue weighted by molar-refractivity contribution is 5.87. The van der Waals surface area contributed by atoms with Crippen molar-refractivity contribution in [2.24, 2.45) is 5.41 Å². The van der Waals surface area contributed by atoms with Crippen LogP contribution in [0.2, 0.25) is 0 Å². The fourth-order valence-electron chi connectivity index (χ4n) is 4.92. The molecular formula is C21H28FN3O4. The van der Waals surface area contributed by atoms with Crippen molar-refractivity contribution in [2.75, 3.05) is 50.2 Å². The Morgan fingerprint density at radius 3 is 2.79 bits per heavy atom. The Bertz CT molecular complexity index is 783. The standard InChI is InChI=1S/C21H28FN3O4/c1-28-20(27)23-15-3-4-18(17(22)13-15)24-9-2-7-21(14-24)8-10-25(19(21)26)16-5-11-29-12-6-16/h3-4,13,16H,2,5-12,14H2,1H3,(H,23,27)/t21-/m1/s1. The molecular weight excluding hydrogens is 377 g/mol. The normalized spacial score (nSPS) is 25.5. The van der Waals surface area contributed by atoms with Gasteiger partial charge in [-0.1, -0.05) is 0 Å². The Morgan fingerprint density at radius 1 is 1.28 bits per heavy atom. The van der Waals surface area contributed by atoms with E-state index in [1.165, 1.54) is 13.2 Å². The first-order valence-electron chi connectivity index (χ1n) is 10.3. The molecule has 0 aromatic heterocycles. The molecule has 3 saturated heterocycles. The lowest BCUT2D eigenvalue weighted by molar-refractivity contribution is -0.139. The first-order valence-corrected chi connectivity index (χ1v) is 10.3. The van der Waals surface area contributed by atoms with Crippen molar-refractivity contribution in [3.05, 3.63) is 24.0 Å². The van der Waals surface area contributed by atoms with E-state index in [4.69, 9.17) is 4.74 Å². The van der Waals surface area contributed by atoms with Crippen LogP contribution in [0, 0.1) is 11.2 Å². The molecule has 29 heavy (non-hydrogen) atoms. The quantitative estimate of drug-likeness (QED) is 0.837. The molecule has 1 spiro atoms. The number of methoxy groups -OCH3 is 1. The van der Waals surface area contributed by atoms with Crippen molar-refractivity contribution < 1.29 is 23.5 Å². The van der Waals surface area contributed by atoms with E-state index >= 15 is 0 Å². The van der Waals surface area contributed by atoms with Crippen LogP contribution < -0.4 is 10.2 Å². The molecule has 0 radical (unpaired) electrons. The second-order valence-electron chi connectivity index (χ2n) is 8.18. The zero-order valence-electron chi connectivity index (χ0n) is 16.8. The third-order valence-corrected chi connectivity index (χ3v) is 6.47. The van der Waals surface area contributed by atoms with Gasteiger partial charge in [0.15, 0.2) is 0 Å². The second-order valence-corrected chi connectivity index (χ2v) is 8.18. The molecule has 158 valence electrons. The summed E-state index contributed by atoms with van der Waals surface area (Å²) in [5.41, 5.74) is 0.385. The van der Waals surface area contributed by atoms with Crippen LogP contribution in [0.3, 0.4) is 0 Å². The summed E-state index contributed by atoms with van der Waals surface area (Å²) in [5.74, 6) is -0.193. The summed E-state index contributed by atoms with van der Waals surface area (Å²) in [6, 6.07) is 4.88. The summed E-state index contributed by atoms with van der Waals surface area (Å²) >= 11 is 0. The number of hydrogen-bond acceptors (Lipinski definition) is 5. The number of hydrogen-bond donors (Lipinski definition) is 1. The minimum atomic E-state index is -0.640. The molecule has 3 aliphatic rings. The lowest BCUT2D eigenvalue weighted by Crippen LogP contribution is -2.50. The van der Waals surface area contributed by atoms with Gasteiger partial charge in [0.1, 0.15) is 5.82 Å². The highest BCUT2D eigenvalue weighted by atomic mass is 19.1. The third-order valence-electron chi connectivity index (χ3n) is 6.47. The van der Waals surface area contributed by atoms with E-state index in [9.17, 15) is 14.0 Å². The molecule has 1 aromatic rings. The van der Waals surface area contributed by atoms with Crippen molar-refractivity contribution in [3.8, 4) is 0 Å². The van der Waals surface area contributed by atoms with E-state index < -0.39 is 17.3 Å². The van der Waals surface area contributed by atoms with Crippen LogP contribution in [-0.2, 0) is 14.3 Å². The number of nitrogens with zero attached hydrogens (tertiary/aromatic N) is 2. The average Bonchev–Trinajstić information content (AvgIpc) is 3.04. The maximum atomic E-state index is 14.8. The molecule has 0 bridgehead atoms. The van der Waals surface area contributed by atoms with Crippen LogP contribution in [0.1, 0.15) is 32.1 Å². The minimum Gasteiger partial charge on any atom is -0.453 e. The van der Waals surface area contributed by atoms with Gasteiger partial charge < -0.3 is 19.3 Å². The smallest absolute Gasteiger partial charge is 0.411 e. The van der Waals surface area contributed by atoms with Gasteiger partial charge in [0, 0.05) is 44.6 Å². The van der Waals surface area contributed by atoms with E-state index in [0.29, 0.717) is 37.7 Å². The number of ether oxygens (including phenoxy) is 2. The number of likely N-dealkylation sites (tertiary alicyclic amines) is 1. The van der Waals surface area contributed by atoms with Gasteiger partial charge in [-0.25, -0.2) is 9.18 Å². The highest BCUT2D eigenvalue weighted by Crippen LogP contribution is 2.43. The van der Waals surface area contributed by atoms with E-state index in [1.54, 1.807) is 12.1 Å². The van der Waals surface area contributed by atoms with Gasteiger partial charge >= 0.3 is 6.09 Å². The highest BCUT2D eigenvalue weighted by Gasteiger charge is 2.50. The van der Waals surface area contributed by atoms with Gasteiger partial charge in [-0.05, 0) is 50.3 Å². The molecule has 1 atom stereocenters. The fraction of sp³-hybridized carbons (Fsp3) is 0.619. The maximum Gasteiger partial charge on any atom is 0.411 e. The number of rotatable bonds is 3. The molecule has 2 amide bonds. The molecule has 1 N–H and O–H groups in total. The first-order chi connectivity index (χ1) is 14.0. The lowest BCUT2D eigenvalue weighted by Gasteiger charge is -2.41. The van der Waals surface area contributed by atoms with Crippen molar-refractivity contribution >= 4 is 23.4 Å². The summed E-state index contributed by atoms with van der Waals surface area (Å²) in [6.07, 6.45) is 3.69. The number of anilines is 2. The lowest BCUT2D eigenvalue weighted by atomic mass is 9.78. The maximum absolute atomic E-state index is 14.8. The van der Waals surface area contributed by atoms with Gasteiger partial charge in [0.05, 0.1) is 18.2 Å². The predicted octanol–water partition coefficient (Wildman–Crippen LogP) is 3.00. The number of nitrogens with one attached hydrogen (secondary N) is 1. The molecule has 7 nitrogen and oxygen atoms in total. The van der Waals surface area contributed by atoms with Gasteiger partial charge in [0.2, 0.25) is 5.91 Å². The molecule has 4 rings (SSSR count). The third kappa shape index (κ3) is 3.90. The monoisotopic (exact) mass is 405 g/mol. The molecule has 3 aliphatic heterocycles. The van der Waals surface area contributed by atoms with Crippen molar-refractivity contribution in [1.29, 1.82) is 0 Å². The zero-order chi connectivity index (χ0) is 20.4. The average molecular weight is 405 g/mol. The topological polar surface area (TPSA) is 71.1 Å². The van der Waals surface area contributed by atoms with E-state index in [0.717, 1.165) is 38.6 Å². The Kier molecular flexibility index (Phi) is 5.63. The number of piperidine rings is 1. The zero-order valence-corrected chi connectivity index (χ0v) is 16.8. The molecule has 3 heterocycles. The second kappa shape index (κ2) is 8.18. The number of amides is 2. The Hall–Kier alpha value is -2.35. The Balaban J connectivity index is 1.48. The summed E-state index contributed by atoms with van der Waals surface area (Å²) in [5, 5.41) is 2.47. The van der Waals surface area contributed by atoms with Crippen LogP contribution in [-0.4, -0.2) is 62.9 Å². The van der Waals surface area contributed by atoms with E-state index in [2.05, 4.69) is 10.1 Å². The largest absolute Gasteiger partial charge is 0.453 e. The summed E-state index contributed by atoms with van der Waals surface area (Å²) in [4.78, 5) is 28.7. The van der Waals surface area contributed by atoms with Crippen molar-refractivity contribution in [2.45, 2.75) is 38.1 Å². The SMILES string of the molecule is COC(=O)Nc1ccc(N2CCC[C@@]3(CCN(C4CCOCC4)C3=O)C2)c(F)c1. The molecule has 1 aromatic carbocycles. The van der Waals surface area contributed by atoms with Crippen LogP contribution in [0.15, 0.2) is 18.2 Å². The Labute approximate surface area is 170 Å². The van der Waals surface area contributed by atoms with Gasteiger partial charge in [-0.2, -0.15) is 0 Å². The van der Waals surface area contributed by atoms with E-state index in [-0.39, 0.29) is 11.9 Å². The molecule has 3 fully saturated rings. The number of halogens is 1. The molecule has 0 aliphatic carbocycles. The van der Waals surface area contributed by atoms with E-state index in [1.807, 2.05) is 9.80 Å². The Morgan fingerprint density at radius 2 is 2.07 bits per heavy atom. The predicted molar refractivity (Wildman–Crippen MR) is 106 cm³/mol. The van der Waals surface area contributed by atoms with Gasteiger partial charge in [0.25, 0.3) is 0 Å². The number of carbonyl (C=O) groups is 2. The minimum absolute atomic E-state index is 0.221. The van der Waals surface area contributed by atoms with Crippen molar-refractivity contribution in [3.63, 3.8) is 0 Å². The molecule has 0 saturated carbocycles. The molecule has 8 heteroatoms. The van der Waals surface area contributed by atoms with Gasteiger partial charge in [-0.3, -0.25) is 10.1 Å². The van der Waals surface area contributed by atoms with Crippen molar-refractivity contribution in [1.82, 2.24) is 4.90 Å². The number of carbonyl (C=O) groups excluding carboxylic acids is 2. The summed E-state index contributed by atoms with van der Waals surface area (Å²) in [6.45, 7) is 3.45. The van der Waals surface area contributed by atoms with Gasteiger partial charge in [-0.15, -0.1) is 0 Å². The van der Waals surface area contributed by atoms with Crippen LogP contribution in [0.25, 0.3) is 0 Å². The van der Waals surface area contributed by atoms with Crippen LogP contribution in [0.4, 0.5) is 20.6 Å². The summed E-state index contributed by atoms with van der Waals surface area (Å²) < 4.78 is 24.8.